The van der Waals surface area contributed by atoms with E-state index in [1.165, 1.54) is 19.3 Å². The number of halogens is 1. The molecule has 1 aromatic carbocycles. The van der Waals surface area contributed by atoms with E-state index in [-0.39, 0.29) is 0 Å². The van der Waals surface area contributed by atoms with Gasteiger partial charge in [-0.2, -0.15) is 0 Å². The Morgan fingerprint density at radius 2 is 2.19 bits per heavy atom. The molecule has 0 bridgehead atoms. The first-order chi connectivity index (χ1) is 7.48. The van der Waals surface area contributed by atoms with Crippen molar-refractivity contribution in [3.63, 3.8) is 0 Å². The zero-order valence-electron chi connectivity index (χ0n) is 9.89. The number of hydrogen-bond acceptors (Lipinski definition) is 2. The molecular formula is C13H19ClN2. The maximum atomic E-state index is 5.99. The minimum Gasteiger partial charge on any atom is -0.396 e. The smallest absolute Gasteiger partial charge is 0.0739 e. The molecule has 1 aromatic rings. The van der Waals surface area contributed by atoms with Crippen LogP contribution in [0.2, 0.25) is 5.02 Å². The fourth-order valence-corrected chi connectivity index (χ4v) is 2.62. The SMILES string of the molecule is CC1(C)CCC(Nc2cccc(Cl)c2N)C1. The summed E-state index contributed by atoms with van der Waals surface area (Å²) in [5.41, 5.74) is 8.01. The van der Waals surface area contributed by atoms with Crippen molar-refractivity contribution < 1.29 is 0 Å². The van der Waals surface area contributed by atoms with E-state index >= 15 is 0 Å². The molecule has 0 radical (unpaired) electrons. The third kappa shape index (κ3) is 2.43. The second-order valence-corrected chi connectivity index (χ2v) is 5.86. The number of nitrogens with two attached hydrogens (primary N) is 1. The van der Waals surface area contributed by atoms with Crippen LogP contribution in [0.3, 0.4) is 0 Å². The van der Waals surface area contributed by atoms with Gasteiger partial charge in [0.1, 0.15) is 0 Å². The van der Waals surface area contributed by atoms with Crippen molar-refractivity contribution in [3.8, 4) is 0 Å². The summed E-state index contributed by atoms with van der Waals surface area (Å²) < 4.78 is 0. The van der Waals surface area contributed by atoms with E-state index in [0.29, 0.717) is 22.2 Å². The molecule has 3 heteroatoms. The lowest BCUT2D eigenvalue weighted by molar-refractivity contribution is 0.378. The topological polar surface area (TPSA) is 38.0 Å². The van der Waals surface area contributed by atoms with Crippen LogP contribution >= 0.6 is 11.6 Å². The standard InChI is InChI=1S/C13H19ClN2/c1-13(2)7-6-9(8-13)16-11-5-3-4-10(14)12(11)15/h3-5,9,16H,6-8,15H2,1-2H3. The van der Waals surface area contributed by atoms with Crippen LogP contribution < -0.4 is 11.1 Å². The van der Waals surface area contributed by atoms with Crippen molar-refractivity contribution in [1.29, 1.82) is 0 Å². The van der Waals surface area contributed by atoms with Crippen LogP contribution in [-0.2, 0) is 0 Å². The number of benzene rings is 1. The Morgan fingerprint density at radius 3 is 2.81 bits per heavy atom. The van der Waals surface area contributed by atoms with Crippen LogP contribution in [0.1, 0.15) is 33.1 Å². The van der Waals surface area contributed by atoms with Crippen LogP contribution in [0.4, 0.5) is 11.4 Å². The zero-order chi connectivity index (χ0) is 11.8. The second kappa shape index (κ2) is 4.17. The van der Waals surface area contributed by atoms with Crippen LogP contribution in [0.15, 0.2) is 18.2 Å². The Kier molecular flexibility index (Phi) is 3.02. The van der Waals surface area contributed by atoms with Gasteiger partial charge < -0.3 is 11.1 Å². The molecule has 1 saturated carbocycles. The Bertz CT molecular complexity index is 388. The van der Waals surface area contributed by atoms with E-state index in [4.69, 9.17) is 17.3 Å². The molecule has 1 aliphatic carbocycles. The number of anilines is 2. The van der Waals surface area contributed by atoms with Gasteiger partial charge in [0.25, 0.3) is 0 Å². The molecule has 1 aliphatic rings. The quantitative estimate of drug-likeness (QED) is 0.767. The van der Waals surface area contributed by atoms with Crippen molar-refractivity contribution in [2.75, 3.05) is 11.1 Å². The zero-order valence-corrected chi connectivity index (χ0v) is 10.6. The number of nitrogens with one attached hydrogen (secondary N) is 1. The van der Waals surface area contributed by atoms with Gasteiger partial charge in [0.05, 0.1) is 16.4 Å². The first-order valence-corrected chi connectivity index (χ1v) is 6.16. The summed E-state index contributed by atoms with van der Waals surface area (Å²) in [6.07, 6.45) is 3.67. The first kappa shape index (κ1) is 11.6. The number of nitrogen functional groups attached to an aromatic ring is 1. The summed E-state index contributed by atoms with van der Waals surface area (Å²) in [6, 6.07) is 6.27. The number of hydrogen-bond donors (Lipinski definition) is 2. The summed E-state index contributed by atoms with van der Waals surface area (Å²) in [6.45, 7) is 4.63. The molecule has 0 amide bonds. The van der Waals surface area contributed by atoms with E-state index in [1.807, 2.05) is 18.2 Å². The Morgan fingerprint density at radius 1 is 1.44 bits per heavy atom. The van der Waals surface area contributed by atoms with Crippen molar-refractivity contribution in [2.45, 2.75) is 39.2 Å². The van der Waals surface area contributed by atoms with E-state index in [0.717, 1.165) is 5.69 Å². The van der Waals surface area contributed by atoms with Crippen LogP contribution in [0, 0.1) is 5.41 Å². The van der Waals surface area contributed by atoms with E-state index in [1.54, 1.807) is 0 Å². The average molecular weight is 239 g/mol. The third-order valence-electron chi connectivity index (χ3n) is 3.38. The molecule has 16 heavy (non-hydrogen) atoms. The third-order valence-corrected chi connectivity index (χ3v) is 3.71. The van der Waals surface area contributed by atoms with Crippen molar-refractivity contribution in [2.24, 2.45) is 5.41 Å². The van der Waals surface area contributed by atoms with E-state index in [2.05, 4.69) is 19.2 Å². The van der Waals surface area contributed by atoms with Gasteiger partial charge >= 0.3 is 0 Å². The predicted octanol–water partition coefficient (Wildman–Crippen LogP) is 3.91. The summed E-state index contributed by atoms with van der Waals surface area (Å²) in [4.78, 5) is 0. The second-order valence-electron chi connectivity index (χ2n) is 5.45. The molecule has 2 nitrogen and oxygen atoms in total. The van der Waals surface area contributed by atoms with Crippen molar-refractivity contribution in [3.05, 3.63) is 23.2 Å². The molecule has 0 aromatic heterocycles. The van der Waals surface area contributed by atoms with Gasteiger partial charge in [-0.1, -0.05) is 31.5 Å². The van der Waals surface area contributed by atoms with Gasteiger partial charge in [0.15, 0.2) is 0 Å². The molecule has 0 aliphatic heterocycles. The van der Waals surface area contributed by atoms with Gasteiger partial charge in [0, 0.05) is 6.04 Å². The molecule has 0 spiro atoms. The molecule has 0 saturated heterocycles. The van der Waals surface area contributed by atoms with Crippen LogP contribution in [0.5, 0.6) is 0 Å². The highest BCUT2D eigenvalue weighted by Crippen LogP contribution is 2.39. The monoisotopic (exact) mass is 238 g/mol. The van der Waals surface area contributed by atoms with E-state index < -0.39 is 0 Å². The summed E-state index contributed by atoms with van der Waals surface area (Å²) in [5, 5.41) is 4.12. The van der Waals surface area contributed by atoms with Crippen molar-refractivity contribution in [1.82, 2.24) is 0 Å². The minimum absolute atomic E-state index is 0.449. The lowest BCUT2D eigenvalue weighted by Crippen LogP contribution is -2.18. The molecular weight excluding hydrogens is 220 g/mol. The van der Waals surface area contributed by atoms with Gasteiger partial charge in [-0.15, -0.1) is 0 Å². The van der Waals surface area contributed by atoms with E-state index in [9.17, 15) is 0 Å². The maximum Gasteiger partial charge on any atom is 0.0739 e. The molecule has 88 valence electrons. The van der Waals surface area contributed by atoms with Crippen LogP contribution in [-0.4, -0.2) is 6.04 Å². The lowest BCUT2D eigenvalue weighted by atomic mass is 9.92. The highest BCUT2D eigenvalue weighted by Gasteiger charge is 2.30. The molecule has 3 N–H and O–H groups in total. The van der Waals surface area contributed by atoms with Crippen LogP contribution in [0.25, 0.3) is 0 Å². The molecule has 2 rings (SSSR count). The fourth-order valence-electron chi connectivity index (χ4n) is 2.44. The largest absolute Gasteiger partial charge is 0.396 e. The molecule has 1 fully saturated rings. The summed E-state index contributed by atoms with van der Waals surface area (Å²) in [7, 11) is 0. The number of rotatable bonds is 2. The highest BCUT2D eigenvalue weighted by atomic mass is 35.5. The van der Waals surface area contributed by atoms with Gasteiger partial charge in [-0.3, -0.25) is 0 Å². The Labute approximate surface area is 102 Å². The minimum atomic E-state index is 0.449. The fraction of sp³-hybridized carbons (Fsp3) is 0.538. The summed E-state index contributed by atoms with van der Waals surface area (Å²) in [5.74, 6) is 0. The normalized spacial score (nSPS) is 23.3. The lowest BCUT2D eigenvalue weighted by Gasteiger charge is -2.19. The Balaban J connectivity index is 2.08. The summed E-state index contributed by atoms with van der Waals surface area (Å²) >= 11 is 5.99. The Hall–Kier alpha value is -0.890. The predicted molar refractivity (Wildman–Crippen MR) is 70.9 cm³/mol. The first-order valence-electron chi connectivity index (χ1n) is 5.78. The van der Waals surface area contributed by atoms with Crippen molar-refractivity contribution >= 4 is 23.0 Å². The van der Waals surface area contributed by atoms with Gasteiger partial charge in [0.2, 0.25) is 0 Å². The molecule has 1 atom stereocenters. The van der Waals surface area contributed by atoms with Gasteiger partial charge in [-0.05, 0) is 36.8 Å². The molecule has 0 heterocycles. The number of para-hydroxylation sites is 1. The molecule has 1 unspecified atom stereocenters. The average Bonchev–Trinajstić information content (AvgIpc) is 2.53. The van der Waals surface area contributed by atoms with Gasteiger partial charge in [-0.25, -0.2) is 0 Å². The maximum absolute atomic E-state index is 5.99. The highest BCUT2D eigenvalue weighted by molar-refractivity contribution is 6.33.